The Hall–Kier alpha value is -3.16. The normalized spacial score (nSPS) is 11.5. The highest BCUT2D eigenvalue weighted by molar-refractivity contribution is 5.79. The molecule has 136 valence electrons. The van der Waals surface area contributed by atoms with Crippen LogP contribution in [0.2, 0.25) is 0 Å². The minimum absolute atomic E-state index is 0.594. The number of hydrogen-bond acceptors (Lipinski definition) is 4. The standard InChI is InChI=1S/C18H24N8/c1-2-19-18(20-8-4-10-26-11-5-9-24-26)21-13-15-6-3-7-16(12-15)17-22-14-23-25-17/h3,5-7,9,11-12,14H,2,4,8,10,13H2,1H3,(H2,19,20,21)(H,22,23,25). The van der Waals surface area contributed by atoms with Crippen molar-refractivity contribution in [2.24, 2.45) is 4.99 Å². The predicted octanol–water partition coefficient (Wildman–Crippen LogP) is 1.81. The number of aryl methyl sites for hydroxylation is 1. The predicted molar refractivity (Wildman–Crippen MR) is 101 cm³/mol. The molecule has 0 aliphatic carbocycles. The lowest BCUT2D eigenvalue weighted by Gasteiger charge is -2.11. The van der Waals surface area contributed by atoms with Gasteiger partial charge in [0.15, 0.2) is 11.8 Å². The molecule has 0 aliphatic rings. The summed E-state index contributed by atoms with van der Waals surface area (Å²) in [5.41, 5.74) is 2.13. The highest BCUT2D eigenvalue weighted by Crippen LogP contribution is 2.15. The van der Waals surface area contributed by atoms with E-state index < -0.39 is 0 Å². The summed E-state index contributed by atoms with van der Waals surface area (Å²) < 4.78 is 1.93. The van der Waals surface area contributed by atoms with E-state index in [4.69, 9.17) is 0 Å². The second kappa shape index (κ2) is 9.36. The number of nitrogens with zero attached hydrogens (tertiary/aromatic N) is 5. The molecule has 8 heteroatoms. The van der Waals surface area contributed by atoms with Crippen molar-refractivity contribution < 1.29 is 0 Å². The van der Waals surface area contributed by atoms with Gasteiger partial charge in [0.25, 0.3) is 0 Å². The summed E-state index contributed by atoms with van der Waals surface area (Å²) >= 11 is 0. The largest absolute Gasteiger partial charge is 0.357 e. The number of benzene rings is 1. The second-order valence-corrected chi connectivity index (χ2v) is 5.78. The number of hydrogen-bond donors (Lipinski definition) is 3. The molecular formula is C18H24N8. The van der Waals surface area contributed by atoms with Gasteiger partial charge in [-0.25, -0.2) is 9.98 Å². The number of nitrogens with one attached hydrogen (secondary N) is 3. The van der Waals surface area contributed by atoms with Gasteiger partial charge < -0.3 is 10.6 Å². The van der Waals surface area contributed by atoms with Gasteiger partial charge in [-0.15, -0.1) is 0 Å². The fourth-order valence-electron chi connectivity index (χ4n) is 2.55. The van der Waals surface area contributed by atoms with Crippen molar-refractivity contribution in [1.29, 1.82) is 0 Å². The summed E-state index contributed by atoms with van der Waals surface area (Å²) in [5.74, 6) is 1.58. The molecule has 0 radical (unpaired) electrons. The van der Waals surface area contributed by atoms with E-state index in [1.807, 2.05) is 29.1 Å². The quantitative estimate of drug-likeness (QED) is 0.326. The van der Waals surface area contributed by atoms with Crippen molar-refractivity contribution in [1.82, 2.24) is 35.6 Å². The molecule has 26 heavy (non-hydrogen) atoms. The van der Waals surface area contributed by atoms with E-state index >= 15 is 0 Å². The molecule has 0 saturated carbocycles. The molecule has 8 nitrogen and oxygen atoms in total. The highest BCUT2D eigenvalue weighted by Gasteiger charge is 2.02. The molecule has 0 spiro atoms. The van der Waals surface area contributed by atoms with Gasteiger partial charge in [-0.1, -0.05) is 18.2 Å². The first kappa shape index (κ1) is 17.7. The Labute approximate surface area is 152 Å². The molecule has 3 rings (SSSR count). The summed E-state index contributed by atoms with van der Waals surface area (Å²) in [7, 11) is 0. The molecule has 2 heterocycles. The summed E-state index contributed by atoms with van der Waals surface area (Å²) in [6.07, 6.45) is 6.26. The van der Waals surface area contributed by atoms with Crippen LogP contribution in [-0.4, -0.2) is 44.0 Å². The highest BCUT2D eigenvalue weighted by atomic mass is 15.3. The summed E-state index contributed by atoms with van der Waals surface area (Å²) in [5, 5.41) is 17.6. The third kappa shape index (κ3) is 5.17. The van der Waals surface area contributed by atoms with Crippen LogP contribution in [0.1, 0.15) is 18.9 Å². The van der Waals surface area contributed by atoms with E-state index in [0.29, 0.717) is 6.54 Å². The van der Waals surface area contributed by atoms with E-state index in [1.54, 1.807) is 6.20 Å². The number of guanidine groups is 1. The number of rotatable bonds is 8. The number of aromatic nitrogens is 5. The second-order valence-electron chi connectivity index (χ2n) is 5.78. The van der Waals surface area contributed by atoms with Crippen molar-refractivity contribution in [3.8, 4) is 11.4 Å². The van der Waals surface area contributed by atoms with Gasteiger partial charge in [-0.3, -0.25) is 9.78 Å². The molecule has 0 saturated heterocycles. The molecule has 1 aromatic carbocycles. The lowest BCUT2D eigenvalue weighted by molar-refractivity contribution is 0.570. The number of H-pyrrole nitrogens is 1. The van der Waals surface area contributed by atoms with Crippen LogP contribution in [0.3, 0.4) is 0 Å². The Balaban J connectivity index is 1.54. The van der Waals surface area contributed by atoms with E-state index in [0.717, 1.165) is 49.0 Å². The zero-order chi connectivity index (χ0) is 18.0. The molecule has 0 aliphatic heterocycles. The Morgan fingerprint density at radius 1 is 1.27 bits per heavy atom. The summed E-state index contributed by atoms with van der Waals surface area (Å²) in [6, 6.07) is 10.1. The Morgan fingerprint density at radius 2 is 2.23 bits per heavy atom. The van der Waals surface area contributed by atoms with Crippen molar-refractivity contribution in [2.45, 2.75) is 26.4 Å². The molecule has 0 unspecified atom stereocenters. The third-order valence-corrected chi connectivity index (χ3v) is 3.80. The average Bonchev–Trinajstić information content (AvgIpc) is 3.37. The number of aromatic amines is 1. The first-order valence-corrected chi connectivity index (χ1v) is 8.79. The zero-order valence-corrected chi connectivity index (χ0v) is 14.9. The van der Waals surface area contributed by atoms with Crippen molar-refractivity contribution in [2.75, 3.05) is 13.1 Å². The SMILES string of the molecule is CCNC(=NCc1cccc(-c2ncn[nH]2)c1)NCCCn1cccn1. The van der Waals surface area contributed by atoms with E-state index in [9.17, 15) is 0 Å². The van der Waals surface area contributed by atoms with Crippen LogP contribution < -0.4 is 10.6 Å². The van der Waals surface area contributed by atoms with E-state index in [-0.39, 0.29) is 0 Å². The minimum Gasteiger partial charge on any atom is -0.357 e. The monoisotopic (exact) mass is 352 g/mol. The first-order chi connectivity index (χ1) is 12.8. The number of aliphatic imine (C=N–C) groups is 1. The van der Waals surface area contributed by atoms with Crippen LogP contribution in [0.25, 0.3) is 11.4 Å². The topological polar surface area (TPSA) is 95.8 Å². The average molecular weight is 352 g/mol. The van der Waals surface area contributed by atoms with Gasteiger partial charge in [0.1, 0.15) is 6.33 Å². The van der Waals surface area contributed by atoms with Crippen LogP contribution in [0, 0.1) is 0 Å². The maximum atomic E-state index is 4.67. The van der Waals surface area contributed by atoms with Crippen LogP contribution in [0.4, 0.5) is 0 Å². The van der Waals surface area contributed by atoms with Gasteiger partial charge in [0, 0.05) is 37.6 Å². The van der Waals surface area contributed by atoms with E-state index in [2.05, 4.69) is 55.0 Å². The van der Waals surface area contributed by atoms with Crippen LogP contribution in [0.5, 0.6) is 0 Å². The maximum absolute atomic E-state index is 4.67. The minimum atomic E-state index is 0.594. The molecule has 0 atom stereocenters. The van der Waals surface area contributed by atoms with Gasteiger partial charge in [-0.05, 0) is 31.0 Å². The molecular weight excluding hydrogens is 328 g/mol. The summed E-state index contributed by atoms with van der Waals surface area (Å²) in [4.78, 5) is 8.86. The third-order valence-electron chi connectivity index (χ3n) is 3.80. The Kier molecular flexibility index (Phi) is 6.35. The first-order valence-electron chi connectivity index (χ1n) is 8.79. The van der Waals surface area contributed by atoms with Gasteiger partial charge in [0.05, 0.1) is 6.54 Å². The fourth-order valence-corrected chi connectivity index (χ4v) is 2.55. The Morgan fingerprint density at radius 3 is 3.00 bits per heavy atom. The van der Waals surface area contributed by atoms with Crippen molar-refractivity contribution in [3.05, 3.63) is 54.6 Å². The summed E-state index contributed by atoms with van der Waals surface area (Å²) in [6.45, 7) is 5.20. The lowest BCUT2D eigenvalue weighted by atomic mass is 10.1. The van der Waals surface area contributed by atoms with Crippen LogP contribution >= 0.6 is 0 Å². The maximum Gasteiger partial charge on any atom is 0.191 e. The Bertz CT molecular complexity index is 792. The molecule has 2 aromatic heterocycles. The fraction of sp³-hybridized carbons (Fsp3) is 0.333. The van der Waals surface area contributed by atoms with Gasteiger partial charge >= 0.3 is 0 Å². The molecule has 3 aromatic rings. The zero-order valence-electron chi connectivity index (χ0n) is 14.9. The van der Waals surface area contributed by atoms with Crippen molar-refractivity contribution in [3.63, 3.8) is 0 Å². The molecule has 0 amide bonds. The van der Waals surface area contributed by atoms with Gasteiger partial charge in [0.2, 0.25) is 0 Å². The van der Waals surface area contributed by atoms with Crippen LogP contribution in [0.15, 0.2) is 54.0 Å². The van der Waals surface area contributed by atoms with Crippen molar-refractivity contribution >= 4 is 5.96 Å². The molecule has 0 fully saturated rings. The smallest absolute Gasteiger partial charge is 0.191 e. The molecule has 3 N–H and O–H groups in total. The lowest BCUT2D eigenvalue weighted by Crippen LogP contribution is -2.38. The van der Waals surface area contributed by atoms with Gasteiger partial charge in [-0.2, -0.15) is 10.2 Å². The van der Waals surface area contributed by atoms with E-state index in [1.165, 1.54) is 6.33 Å². The van der Waals surface area contributed by atoms with Crippen LogP contribution in [-0.2, 0) is 13.1 Å². The molecule has 0 bridgehead atoms.